The third-order valence-electron chi connectivity index (χ3n) is 2.84. The lowest BCUT2D eigenvalue weighted by Crippen LogP contribution is -2.34. The fourth-order valence-corrected chi connectivity index (χ4v) is 2.15. The first-order valence-electron chi connectivity index (χ1n) is 6.60. The largest absolute Gasteiger partial charge is 0.394 e. The molecule has 1 amide bonds. The second-order valence-electron chi connectivity index (χ2n) is 4.58. The Morgan fingerprint density at radius 2 is 2.17 bits per heavy atom. The summed E-state index contributed by atoms with van der Waals surface area (Å²) < 4.78 is 14.6. The van der Waals surface area contributed by atoms with Gasteiger partial charge in [-0.15, -0.1) is 0 Å². The molecule has 1 aromatic heterocycles. The maximum atomic E-state index is 13.9. The Labute approximate surface area is 145 Å². The van der Waals surface area contributed by atoms with Crippen LogP contribution in [-0.4, -0.2) is 45.3 Å². The highest BCUT2D eigenvalue weighted by molar-refractivity contribution is 14.1. The second-order valence-corrected chi connectivity index (χ2v) is 5.83. The Bertz CT molecular complexity index is 701. The smallest absolute Gasteiger partial charge is 0.272 e. The highest BCUT2D eigenvalue weighted by Gasteiger charge is 2.15. The minimum Gasteiger partial charge on any atom is -0.394 e. The molecule has 122 valence electrons. The van der Waals surface area contributed by atoms with Crippen LogP contribution in [0.5, 0.6) is 0 Å². The number of carbonyl (C=O) groups is 1. The summed E-state index contributed by atoms with van der Waals surface area (Å²) in [6.45, 7) is -0.598. The summed E-state index contributed by atoms with van der Waals surface area (Å²) in [5.41, 5.74) is 0.413. The van der Waals surface area contributed by atoms with Crippen molar-refractivity contribution in [3.63, 3.8) is 0 Å². The van der Waals surface area contributed by atoms with Gasteiger partial charge >= 0.3 is 0 Å². The summed E-state index contributed by atoms with van der Waals surface area (Å²) in [5.74, 6) is -1.05. The van der Waals surface area contributed by atoms with Crippen molar-refractivity contribution in [2.75, 3.05) is 18.5 Å². The van der Waals surface area contributed by atoms with E-state index in [0.29, 0.717) is 0 Å². The zero-order valence-corrected chi connectivity index (χ0v) is 14.0. The number of nitrogens with one attached hydrogen (secondary N) is 2. The van der Waals surface area contributed by atoms with Crippen molar-refractivity contribution in [1.82, 2.24) is 15.3 Å². The number of carbonyl (C=O) groups excluding carboxylic acids is 1. The summed E-state index contributed by atoms with van der Waals surface area (Å²) >= 11 is 1.99. The molecule has 2 rings (SSSR count). The average molecular weight is 432 g/mol. The maximum absolute atomic E-state index is 13.9. The third kappa shape index (κ3) is 4.81. The highest BCUT2D eigenvalue weighted by atomic mass is 127. The molecule has 0 aliphatic heterocycles. The Balaban J connectivity index is 2.18. The van der Waals surface area contributed by atoms with Crippen molar-refractivity contribution in [2.24, 2.45) is 0 Å². The van der Waals surface area contributed by atoms with E-state index in [2.05, 4.69) is 20.6 Å². The van der Waals surface area contributed by atoms with Gasteiger partial charge in [-0.2, -0.15) is 0 Å². The fraction of sp³-hybridized carbons (Fsp3) is 0.214. The zero-order valence-electron chi connectivity index (χ0n) is 11.8. The standard InChI is InChI=1S/C14H14FIN4O3/c15-10-3-8(16)1-2-11(10)20-12-5-17-7-19-13(12)14(23)18-4-9(22)6-21/h1-3,5,7,9,20-22H,4,6H2,(H,18,23)/t9-/m0/s1. The van der Waals surface area contributed by atoms with Gasteiger partial charge in [0.25, 0.3) is 5.91 Å². The molecule has 1 atom stereocenters. The van der Waals surface area contributed by atoms with E-state index in [-0.39, 0.29) is 23.6 Å². The molecule has 9 heteroatoms. The lowest BCUT2D eigenvalue weighted by molar-refractivity contribution is 0.0799. The normalized spacial score (nSPS) is 11.8. The van der Waals surface area contributed by atoms with Crippen molar-refractivity contribution in [3.05, 3.63) is 45.8 Å². The molecule has 0 saturated heterocycles. The van der Waals surface area contributed by atoms with Crippen LogP contribution in [0.4, 0.5) is 15.8 Å². The molecule has 1 heterocycles. The number of halogens is 2. The summed E-state index contributed by atoms with van der Waals surface area (Å²) in [5, 5.41) is 23.2. The van der Waals surface area contributed by atoms with Crippen LogP contribution >= 0.6 is 22.6 Å². The first-order valence-corrected chi connectivity index (χ1v) is 7.68. The average Bonchev–Trinajstić information content (AvgIpc) is 2.55. The van der Waals surface area contributed by atoms with Crippen molar-refractivity contribution in [2.45, 2.75) is 6.10 Å². The third-order valence-corrected chi connectivity index (χ3v) is 3.51. The van der Waals surface area contributed by atoms with Gasteiger partial charge in [0.15, 0.2) is 5.69 Å². The number of hydrogen-bond donors (Lipinski definition) is 4. The van der Waals surface area contributed by atoms with E-state index in [1.807, 2.05) is 22.6 Å². The first kappa shape index (κ1) is 17.5. The summed E-state index contributed by atoms with van der Waals surface area (Å²) in [6.07, 6.45) is 1.47. The summed E-state index contributed by atoms with van der Waals surface area (Å²) in [7, 11) is 0. The quantitative estimate of drug-likeness (QED) is 0.509. The van der Waals surface area contributed by atoms with Crippen LogP contribution in [0.3, 0.4) is 0 Å². The predicted molar refractivity (Wildman–Crippen MR) is 89.9 cm³/mol. The summed E-state index contributed by atoms with van der Waals surface area (Å²) in [4.78, 5) is 19.8. The number of nitrogens with zero attached hydrogens (tertiary/aromatic N) is 2. The number of aliphatic hydroxyl groups excluding tert-OH is 2. The van der Waals surface area contributed by atoms with Gasteiger partial charge < -0.3 is 20.8 Å². The minimum atomic E-state index is -1.06. The number of aliphatic hydroxyl groups is 2. The van der Waals surface area contributed by atoms with Crippen molar-refractivity contribution in [1.29, 1.82) is 0 Å². The molecular formula is C14H14FIN4O3. The minimum absolute atomic E-state index is 0.00286. The van der Waals surface area contributed by atoms with Crippen LogP contribution in [0.25, 0.3) is 0 Å². The van der Waals surface area contributed by atoms with E-state index in [4.69, 9.17) is 5.11 Å². The number of benzene rings is 1. The Hall–Kier alpha value is -1.85. The van der Waals surface area contributed by atoms with E-state index in [1.165, 1.54) is 18.6 Å². The number of aromatic nitrogens is 2. The Morgan fingerprint density at radius 3 is 2.87 bits per heavy atom. The van der Waals surface area contributed by atoms with E-state index in [0.717, 1.165) is 3.57 Å². The predicted octanol–water partition coefficient (Wildman–Crippen LogP) is 1.05. The SMILES string of the molecule is O=C(NC[C@H](O)CO)c1ncncc1Nc1ccc(I)cc1F. The van der Waals surface area contributed by atoms with Crippen LogP contribution in [0, 0.1) is 9.39 Å². The molecular weight excluding hydrogens is 418 g/mol. The molecule has 23 heavy (non-hydrogen) atoms. The van der Waals surface area contributed by atoms with Gasteiger partial charge in [-0.3, -0.25) is 4.79 Å². The van der Waals surface area contributed by atoms with E-state index in [9.17, 15) is 14.3 Å². The van der Waals surface area contributed by atoms with Crippen LogP contribution in [0.2, 0.25) is 0 Å². The molecule has 0 spiro atoms. The number of rotatable bonds is 6. The number of anilines is 2. The Kier molecular flexibility index (Phi) is 6.19. The lowest BCUT2D eigenvalue weighted by atomic mass is 10.2. The molecule has 0 bridgehead atoms. The van der Waals surface area contributed by atoms with Gasteiger partial charge in [-0.1, -0.05) is 0 Å². The maximum Gasteiger partial charge on any atom is 0.272 e. The van der Waals surface area contributed by atoms with Gasteiger partial charge in [0.1, 0.15) is 12.1 Å². The fourth-order valence-electron chi connectivity index (χ4n) is 1.70. The second kappa shape index (κ2) is 8.13. The molecule has 7 nitrogen and oxygen atoms in total. The molecule has 0 aliphatic carbocycles. The van der Waals surface area contributed by atoms with Gasteiger partial charge in [0.05, 0.1) is 30.3 Å². The lowest BCUT2D eigenvalue weighted by Gasteiger charge is -2.12. The van der Waals surface area contributed by atoms with Crippen LogP contribution in [0.15, 0.2) is 30.7 Å². The van der Waals surface area contributed by atoms with Gasteiger partial charge in [-0.25, -0.2) is 14.4 Å². The topological polar surface area (TPSA) is 107 Å². The number of amides is 1. The monoisotopic (exact) mass is 432 g/mol. The molecule has 0 fully saturated rings. The number of hydrogen-bond acceptors (Lipinski definition) is 6. The molecule has 0 unspecified atom stereocenters. The van der Waals surface area contributed by atoms with Crippen molar-refractivity contribution < 1.29 is 19.4 Å². The molecule has 4 N–H and O–H groups in total. The highest BCUT2D eigenvalue weighted by Crippen LogP contribution is 2.22. The van der Waals surface area contributed by atoms with Crippen molar-refractivity contribution >= 4 is 39.9 Å². The van der Waals surface area contributed by atoms with E-state index >= 15 is 0 Å². The molecule has 2 aromatic rings. The van der Waals surface area contributed by atoms with Gasteiger partial charge in [0.2, 0.25) is 0 Å². The van der Waals surface area contributed by atoms with Crippen LogP contribution in [-0.2, 0) is 0 Å². The van der Waals surface area contributed by atoms with Gasteiger partial charge in [-0.05, 0) is 40.8 Å². The van der Waals surface area contributed by atoms with E-state index < -0.39 is 24.4 Å². The molecule has 1 aromatic carbocycles. The first-order chi connectivity index (χ1) is 11.0. The van der Waals surface area contributed by atoms with E-state index in [1.54, 1.807) is 12.1 Å². The van der Waals surface area contributed by atoms with Crippen molar-refractivity contribution in [3.8, 4) is 0 Å². The van der Waals surface area contributed by atoms with Gasteiger partial charge in [0, 0.05) is 10.1 Å². The van der Waals surface area contributed by atoms with Crippen LogP contribution < -0.4 is 10.6 Å². The molecule has 0 saturated carbocycles. The van der Waals surface area contributed by atoms with Crippen LogP contribution in [0.1, 0.15) is 10.5 Å². The molecule has 0 aliphatic rings. The summed E-state index contributed by atoms with van der Waals surface area (Å²) in [6, 6.07) is 4.61. The Morgan fingerprint density at radius 1 is 1.39 bits per heavy atom. The zero-order chi connectivity index (χ0) is 16.8. The molecule has 0 radical (unpaired) electrons.